The van der Waals surface area contributed by atoms with Crippen molar-refractivity contribution in [3.63, 3.8) is 0 Å². The first-order valence-corrected chi connectivity index (χ1v) is 8.34. The summed E-state index contributed by atoms with van der Waals surface area (Å²) in [6.45, 7) is 1.55. The molecule has 0 aliphatic carbocycles. The van der Waals surface area contributed by atoms with E-state index in [-0.39, 0.29) is 18.1 Å². The van der Waals surface area contributed by atoms with Gasteiger partial charge >= 0.3 is 0 Å². The van der Waals surface area contributed by atoms with E-state index in [4.69, 9.17) is 0 Å². The lowest BCUT2D eigenvalue weighted by molar-refractivity contribution is -0.114. The van der Waals surface area contributed by atoms with E-state index < -0.39 is 21.5 Å². The highest BCUT2D eigenvalue weighted by atomic mass is 79.9. The third-order valence-electron chi connectivity index (χ3n) is 3.01. The molecule has 19 heavy (non-hydrogen) atoms. The summed E-state index contributed by atoms with van der Waals surface area (Å²) >= 11 is 3.28. The van der Waals surface area contributed by atoms with Crippen molar-refractivity contribution in [3.05, 3.63) is 28.2 Å². The van der Waals surface area contributed by atoms with Gasteiger partial charge in [-0.15, -0.1) is 0 Å². The standard InChI is InChI=1S/C12H12BrNO4S/c1-2-19(17,18)7-6-14-10-8(11(15)12(14)16)4-3-5-9(10)13/h3-5H,2,6-7H2,1H3. The van der Waals surface area contributed by atoms with Gasteiger partial charge in [0.15, 0.2) is 9.84 Å². The number of anilines is 1. The Kier molecular flexibility index (Phi) is 3.78. The molecule has 0 unspecified atom stereocenters. The Balaban J connectivity index is 2.34. The number of ketones is 1. The maximum absolute atomic E-state index is 11.9. The minimum absolute atomic E-state index is 0.00361. The predicted octanol–water partition coefficient (Wildman–Crippen LogP) is 1.41. The Morgan fingerprint density at radius 2 is 1.95 bits per heavy atom. The van der Waals surface area contributed by atoms with Gasteiger partial charge in [-0.05, 0) is 28.1 Å². The minimum Gasteiger partial charge on any atom is -0.303 e. The Morgan fingerprint density at radius 3 is 2.58 bits per heavy atom. The lowest BCUT2D eigenvalue weighted by Gasteiger charge is -2.17. The van der Waals surface area contributed by atoms with Crippen molar-refractivity contribution < 1.29 is 18.0 Å². The number of benzene rings is 1. The molecule has 0 saturated heterocycles. The van der Waals surface area contributed by atoms with Gasteiger partial charge in [-0.2, -0.15) is 0 Å². The monoisotopic (exact) mass is 345 g/mol. The van der Waals surface area contributed by atoms with Crippen molar-refractivity contribution >= 4 is 43.1 Å². The van der Waals surface area contributed by atoms with Crippen LogP contribution in [-0.2, 0) is 14.6 Å². The molecule has 0 radical (unpaired) electrons. The fraction of sp³-hybridized carbons (Fsp3) is 0.333. The molecule has 0 atom stereocenters. The summed E-state index contributed by atoms with van der Waals surface area (Å²) < 4.78 is 23.6. The van der Waals surface area contributed by atoms with E-state index in [9.17, 15) is 18.0 Å². The normalized spacial score (nSPS) is 14.9. The number of para-hydroxylation sites is 1. The minimum atomic E-state index is -3.18. The van der Waals surface area contributed by atoms with E-state index in [1.807, 2.05) is 0 Å². The molecule has 1 heterocycles. The van der Waals surface area contributed by atoms with Gasteiger partial charge in [0.1, 0.15) is 0 Å². The van der Waals surface area contributed by atoms with Crippen molar-refractivity contribution in [3.8, 4) is 0 Å². The van der Waals surface area contributed by atoms with Crippen LogP contribution in [0.4, 0.5) is 5.69 Å². The van der Waals surface area contributed by atoms with Crippen LogP contribution in [0.1, 0.15) is 17.3 Å². The SMILES string of the molecule is CCS(=O)(=O)CCN1C(=O)C(=O)c2cccc(Br)c21. The first-order chi connectivity index (χ1) is 8.87. The molecule has 1 aromatic carbocycles. The number of fused-ring (bicyclic) bond motifs is 1. The second-order valence-electron chi connectivity index (χ2n) is 4.16. The van der Waals surface area contributed by atoms with Gasteiger partial charge < -0.3 is 4.90 Å². The smallest absolute Gasteiger partial charge is 0.299 e. The average Bonchev–Trinajstić information content (AvgIpc) is 2.62. The van der Waals surface area contributed by atoms with Gasteiger partial charge in [-0.25, -0.2) is 8.42 Å². The van der Waals surface area contributed by atoms with Crippen LogP contribution in [0.5, 0.6) is 0 Å². The van der Waals surface area contributed by atoms with Gasteiger partial charge in [0.2, 0.25) is 0 Å². The predicted molar refractivity (Wildman–Crippen MR) is 75.2 cm³/mol. The molecule has 0 aromatic heterocycles. The highest BCUT2D eigenvalue weighted by molar-refractivity contribution is 9.10. The molecule has 2 rings (SSSR count). The number of hydrogen-bond donors (Lipinski definition) is 0. The number of sulfone groups is 1. The summed E-state index contributed by atoms with van der Waals surface area (Å²) in [4.78, 5) is 24.9. The van der Waals surface area contributed by atoms with Crippen LogP contribution in [0.15, 0.2) is 22.7 Å². The first-order valence-electron chi connectivity index (χ1n) is 5.72. The lowest BCUT2D eigenvalue weighted by atomic mass is 10.1. The van der Waals surface area contributed by atoms with Crippen LogP contribution in [0.25, 0.3) is 0 Å². The number of halogens is 1. The molecule has 7 heteroatoms. The number of rotatable bonds is 4. The fourth-order valence-corrected chi connectivity index (χ4v) is 3.23. The Morgan fingerprint density at radius 1 is 1.26 bits per heavy atom. The fourth-order valence-electron chi connectivity index (χ4n) is 1.90. The Bertz CT molecular complexity index is 654. The van der Waals surface area contributed by atoms with E-state index in [2.05, 4.69) is 15.9 Å². The topological polar surface area (TPSA) is 71.5 Å². The Labute approximate surface area is 119 Å². The second-order valence-corrected chi connectivity index (χ2v) is 7.49. The largest absolute Gasteiger partial charge is 0.303 e. The van der Waals surface area contributed by atoms with Crippen LogP contribution in [-0.4, -0.2) is 38.2 Å². The highest BCUT2D eigenvalue weighted by Crippen LogP contribution is 2.35. The summed E-state index contributed by atoms with van der Waals surface area (Å²) in [5, 5.41) is 0. The molecule has 0 fully saturated rings. The van der Waals surface area contributed by atoms with Crippen LogP contribution >= 0.6 is 15.9 Å². The van der Waals surface area contributed by atoms with Crippen molar-refractivity contribution in [2.24, 2.45) is 0 Å². The van der Waals surface area contributed by atoms with Crippen molar-refractivity contribution in [1.82, 2.24) is 0 Å². The van der Waals surface area contributed by atoms with Gasteiger partial charge in [0, 0.05) is 16.8 Å². The molecule has 0 bridgehead atoms. The van der Waals surface area contributed by atoms with Crippen LogP contribution < -0.4 is 4.90 Å². The molecule has 1 amide bonds. The molecule has 1 aliphatic heterocycles. The van der Waals surface area contributed by atoms with Gasteiger partial charge in [0.25, 0.3) is 11.7 Å². The number of carbonyl (C=O) groups excluding carboxylic acids is 2. The van der Waals surface area contributed by atoms with E-state index >= 15 is 0 Å². The number of hydrogen-bond acceptors (Lipinski definition) is 4. The quantitative estimate of drug-likeness (QED) is 0.773. The lowest BCUT2D eigenvalue weighted by Crippen LogP contribution is -2.34. The summed E-state index contributed by atoms with van der Waals surface area (Å²) in [5.41, 5.74) is 0.775. The van der Waals surface area contributed by atoms with Gasteiger partial charge in [-0.1, -0.05) is 13.0 Å². The van der Waals surface area contributed by atoms with Crippen LogP contribution in [0, 0.1) is 0 Å². The zero-order valence-electron chi connectivity index (χ0n) is 10.2. The van der Waals surface area contributed by atoms with E-state index in [0.717, 1.165) is 0 Å². The number of amides is 1. The molecular weight excluding hydrogens is 334 g/mol. The molecule has 5 nitrogen and oxygen atoms in total. The Hall–Kier alpha value is -1.21. The average molecular weight is 346 g/mol. The second kappa shape index (κ2) is 5.05. The van der Waals surface area contributed by atoms with Crippen molar-refractivity contribution in [2.75, 3.05) is 23.0 Å². The van der Waals surface area contributed by atoms with Crippen molar-refractivity contribution in [1.29, 1.82) is 0 Å². The molecule has 1 aromatic rings. The zero-order valence-corrected chi connectivity index (χ0v) is 12.6. The van der Waals surface area contributed by atoms with Crippen molar-refractivity contribution in [2.45, 2.75) is 6.92 Å². The molecule has 102 valence electrons. The molecule has 0 N–H and O–H groups in total. The van der Waals surface area contributed by atoms with E-state index in [1.54, 1.807) is 25.1 Å². The summed E-state index contributed by atoms with van der Waals surface area (Å²) in [7, 11) is -3.18. The van der Waals surface area contributed by atoms with Crippen LogP contribution in [0.3, 0.4) is 0 Å². The van der Waals surface area contributed by atoms with E-state index in [0.29, 0.717) is 15.7 Å². The number of nitrogens with zero attached hydrogens (tertiary/aromatic N) is 1. The molecular formula is C12H12BrNO4S. The third kappa shape index (κ3) is 2.57. The van der Waals surface area contributed by atoms with E-state index in [1.165, 1.54) is 4.90 Å². The summed E-state index contributed by atoms with van der Waals surface area (Å²) in [6, 6.07) is 4.95. The molecule has 0 saturated carbocycles. The molecule has 1 aliphatic rings. The maximum atomic E-state index is 11.9. The summed E-state index contributed by atoms with van der Waals surface area (Å²) in [5.74, 6) is -1.40. The maximum Gasteiger partial charge on any atom is 0.299 e. The van der Waals surface area contributed by atoms with Gasteiger partial charge in [0.05, 0.1) is 17.0 Å². The van der Waals surface area contributed by atoms with Gasteiger partial charge in [-0.3, -0.25) is 9.59 Å². The zero-order chi connectivity index (χ0) is 14.2. The number of Topliss-reactive ketones (excluding diaryl/α,β-unsaturated/α-hetero) is 1. The van der Waals surface area contributed by atoms with Crippen LogP contribution in [0.2, 0.25) is 0 Å². The molecule has 0 spiro atoms. The third-order valence-corrected chi connectivity index (χ3v) is 5.33. The summed E-state index contributed by atoms with van der Waals surface area (Å²) in [6.07, 6.45) is 0. The number of carbonyl (C=O) groups is 2. The first kappa shape index (κ1) is 14.2. The highest BCUT2D eigenvalue weighted by Gasteiger charge is 2.37.